The molecule has 0 bridgehead atoms. The maximum atomic E-state index is 12.5. The molecule has 3 heterocycles. The summed E-state index contributed by atoms with van der Waals surface area (Å²) in [5, 5.41) is 11.0. The highest BCUT2D eigenvalue weighted by molar-refractivity contribution is 7.22. The van der Waals surface area contributed by atoms with E-state index < -0.39 is 0 Å². The molecule has 4 aromatic rings. The molecule has 0 saturated carbocycles. The third-order valence-electron chi connectivity index (χ3n) is 5.11. The minimum absolute atomic E-state index is 0. The second kappa shape index (κ2) is 9.58. The van der Waals surface area contributed by atoms with Crippen LogP contribution in [0.2, 0.25) is 5.02 Å². The third kappa shape index (κ3) is 4.73. The first kappa shape index (κ1) is 23.6. The van der Waals surface area contributed by atoms with Crippen LogP contribution in [0.3, 0.4) is 0 Å². The molecule has 5 rings (SSSR count). The standard InChI is InChI=1S/C20H19ClN6OS.2ClH/c1-27-16-5-2-11(18(28)23-13-6-7-22-10-13)8-15(16)24-19(27)26-20-25-14-4-3-12(21)9-17(14)29-20;;/h2-5,8-9,13,22H,6-7,10H2,1H3,(H,23,28)(H,24,25,26);2*1H/t13-;;/m1../s1. The van der Waals surface area contributed by atoms with Crippen LogP contribution in [0.4, 0.5) is 11.1 Å². The number of rotatable bonds is 4. The lowest BCUT2D eigenvalue weighted by Crippen LogP contribution is -2.36. The van der Waals surface area contributed by atoms with Crippen molar-refractivity contribution in [2.45, 2.75) is 12.5 Å². The smallest absolute Gasteiger partial charge is 0.251 e. The Hall–Kier alpha value is -2.10. The molecule has 31 heavy (non-hydrogen) atoms. The van der Waals surface area contributed by atoms with Gasteiger partial charge in [-0.2, -0.15) is 0 Å². The monoisotopic (exact) mass is 498 g/mol. The quantitative estimate of drug-likeness (QED) is 0.385. The second-order valence-electron chi connectivity index (χ2n) is 7.12. The SMILES string of the molecule is Cl.Cl.Cn1c(Nc2nc3ccc(Cl)cc3s2)nc2cc(C(=O)N[C@@H]3CCNC3)ccc21. The number of imidazole rings is 1. The van der Waals surface area contributed by atoms with Gasteiger partial charge in [0, 0.05) is 30.2 Å². The highest BCUT2D eigenvalue weighted by Gasteiger charge is 2.18. The number of carbonyl (C=O) groups excluding carboxylic acids is 1. The summed E-state index contributed by atoms with van der Waals surface area (Å²) in [6.45, 7) is 1.76. The molecule has 11 heteroatoms. The Balaban J connectivity index is 0.00000136. The Labute approximate surface area is 200 Å². The Bertz CT molecular complexity index is 1230. The summed E-state index contributed by atoms with van der Waals surface area (Å²) >= 11 is 7.59. The van der Waals surface area contributed by atoms with Crippen LogP contribution in [0.15, 0.2) is 36.4 Å². The number of aromatic nitrogens is 3. The van der Waals surface area contributed by atoms with Crippen LogP contribution >= 0.6 is 47.8 Å². The van der Waals surface area contributed by atoms with E-state index in [1.165, 1.54) is 11.3 Å². The fourth-order valence-corrected chi connectivity index (χ4v) is 4.68. The third-order valence-corrected chi connectivity index (χ3v) is 6.28. The maximum Gasteiger partial charge on any atom is 0.251 e. The van der Waals surface area contributed by atoms with Crippen LogP contribution in [0.1, 0.15) is 16.8 Å². The van der Waals surface area contributed by atoms with Crippen LogP contribution in [-0.2, 0) is 7.05 Å². The molecule has 1 saturated heterocycles. The van der Waals surface area contributed by atoms with Gasteiger partial charge in [0.05, 0.1) is 21.3 Å². The number of hydrogen-bond donors (Lipinski definition) is 3. The van der Waals surface area contributed by atoms with Gasteiger partial charge in [-0.25, -0.2) is 9.97 Å². The number of benzene rings is 2. The fraction of sp³-hybridized carbons (Fsp3) is 0.250. The number of amides is 1. The summed E-state index contributed by atoms with van der Waals surface area (Å²) in [6.07, 6.45) is 0.957. The number of nitrogens with one attached hydrogen (secondary N) is 3. The molecule has 7 nitrogen and oxygen atoms in total. The number of nitrogens with zero attached hydrogens (tertiary/aromatic N) is 3. The number of halogens is 3. The molecule has 0 aliphatic carbocycles. The Morgan fingerprint density at radius 1 is 1.19 bits per heavy atom. The number of fused-ring (bicyclic) bond motifs is 2. The normalized spacial score (nSPS) is 15.5. The van der Waals surface area contributed by atoms with E-state index in [0.717, 1.165) is 45.9 Å². The molecule has 1 fully saturated rings. The first-order valence-electron chi connectivity index (χ1n) is 9.38. The van der Waals surface area contributed by atoms with E-state index >= 15 is 0 Å². The van der Waals surface area contributed by atoms with Crippen LogP contribution in [0.25, 0.3) is 21.3 Å². The van der Waals surface area contributed by atoms with Gasteiger partial charge in [0.15, 0.2) is 5.13 Å². The minimum atomic E-state index is -0.0659. The van der Waals surface area contributed by atoms with Crippen molar-refractivity contribution in [1.82, 2.24) is 25.2 Å². The van der Waals surface area contributed by atoms with Crippen LogP contribution in [-0.4, -0.2) is 39.6 Å². The van der Waals surface area contributed by atoms with Crippen molar-refractivity contribution in [2.75, 3.05) is 18.4 Å². The molecule has 2 aromatic heterocycles. The van der Waals surface area contributed by atoms with Gasteiger partial charge in [0.2, 0.25) is 5.95 Å². The van der Waals surface area contributed by atoms with Gasteiger partial charge in [-0.15, -0.1) is 24.8 Å². The zero-order valence-corrected chi connectivity index (χ0v) is 19.7. The van der Waals surface area contributed by atoms with E-state index in [9.17, 15) is 4.79 Å². The molecule has 0 spiro atoms. The van der Waals surface area contributed by atoms with Crippen LogP contribution in [0, 0.1) is 0 Å². The largest absolute Gasteiger partial charge is 0.348 e. The summed E-state index contributed by atoms with van der Waals surface area (Å²) in [5.74, 6) is 0.603. The van der Waals surface area contributed by atoms with Gasteiger partial charge in [-0.3, -0.25) is 4.79 Å². The summed E-state index contributed by atoms with van der Waals surface area (Å²) in [5.41, 5.74) is 3.21. The summed E-state index contributed by atoms with van der Waals surface area (Å²) < 4.78 is 2.97. The lowest BCUT2D eigenvalue weighted by molar-refractivity contribution is 0.0940. The molecule has 3 N–H and O–H groups in total. The van der Waals surface area contributed by atoms with E-state index in [-0.39, 0.29) is 36.8 Å². The molecule has 1 atom stereocenters. The van der Waals surface area contributed by atoms with Crippen molar-refractivity contribution in [3.63, 3.8) is 0 Å². The van der Waals surface area contributed by atoms with Crippen molar-refractivity contribution >= 4 is 86.0 Å². The summed E-state index contributed by atoms with van der Waals surface area (Å²) in [6, 6.07) is 11.4. The van der Waals surface area contributed by atoms with E-state index in [1.54, 1.807) is 0 Å². The predicted octanol–water partition coefficient (Wildman–Crippen LogP) is 4.52. The van der Waals surface area contributed by atoms with Gasteiger partial charge in [-0.05, 0) is 49.4 Å². The number of anilines is 2. The molecular weight excluding hydrogens is 479 g/mol. The van der Waals surface area contributed by atoms with Gasteiger partial charge in [-0.1, -0.05) is 22.9 Å². The highest BCUT2D eigenvalue weighted by Crippen LogP contribution is 2.31. The lowest BCUT2D eigenvalue weighted by Gasteiger charge is -2.11. The number of carbonyl (C=O) groups is 1. The van der Waals surface area contributed by atoms with Gasteiger partial charge >= 0.3 is 0 Å². The number of aryl methyl sites for hydroxylation is 1. The number of hydrogen-bond acceptors (Lipinski definition) is 6. The van der Waals surface area contributed by atoms with Gasteiger partial charge in [0.25, 0.3) is 5.91 Å². The van der Waals surface area contributed by atoms with E-state index in [0.29, 0.717) is 16.5 Å². The first-order chi connectivity index (χ1) is 14.1. The van der Waals surface area contributed by atoms with Crippen molar-refractivity contribution in [3.8, 4) is 0 Å². The molecule has 1 aliphatic heterocycles. The lowest BCUT2D eigenvalue weighted by atomic mass is 10.1. The Kier molecular flexibility index (Phi) is 7.28. The van der Waals surface area contributed by atoms with Gasteiger partial charge < -0.3 is 20.5 Å². The molecular formula is C20H21Cl3N6OS. The average molecular weight is 500 g/mol. The van der Waals surface area contributed by atoms with Crippen molar-refractivity contribution < 1.29 is 4.79 Å². The van der Waals surface area contributed by atoms with Crippen molar-refractivity contribution in [2.24, 2.45) is 7.05 Å². The molecule has 0 unspecified atom stereocenters. The molecule has 1 aliphatic rings. The Morgan fingerprint density at radius 2 is 2.03 bits per heavy atom. The van der Waals surface area contributed by atoms with Crippen molar-refractivity contribution in [1.29, 1.82) is 0 Å². The van der Waals surface area contributed by atoms with E-state index in [4.69, 9.17) is 11.6 Å². The predicted molar refractivity (Wildman–Crippen MR) is 132 cm³/mol. The van der Waals surface area contributed by atoms with E-state index in [2.05, 4.69) is 25.9 Å². The number of thiazole rings is 1. The highest BCUT2D eigenvalue weighted by atomic mass is 35.5. The topological polar surface area (TPSA) is 83.9 Å². The maximum absolute atomic E-state index is 12.5. The minimum Gasteiger partial charge on any atom is -0.348 e. The van der Waals surface area contributed by atoms with Crippen LogP contribution in [0.5, 0.6) is 0 Å². The molecule has 1 amide bonds. The molecule has 164 valence electrons. The molecule has 2 aromatic carbocycles. The zero-order chi connectivity index (χ0) is 20.0. The molecule has 0 radical (unpaired) electrons. The average Bonchev–Trinajstić information content (AvgIpc) is 3.41. The fourth-order valence-electron chi connectivity index (χ4n) is 3.55. The first-order valence-corrected chi connectivity index (χ1v) is 10.6. The van der Waals surface area contributed by atoms with Crippen molar-refractivity contribution in [3.05, 3.63) is 47.0 Å². The summed E-state index contributed by atoms with van der Waals surface area (Å²) in [4.78, 5) is 21.8. The summed E-state index contributed by atoms with van der Waals surface area (Å²) in [7, 11) is 1.94. The zero-order valence-electron chi connectivity index (χ0n) is 16.5. The van der Waals surface area contributed by atoms with Gasteiger partial charge in [0.1, 0.15) is 0 Å². The van der Waals surface area contributed by atoms with E-state index in [1.807, 2.05) is 48.0 Å². The second-order valence-corrected chi connectivity index (χ2v) is 8.58. The Morgan fingerprint density at radius 3 is 2.81 bits per heavy atom. The van der Waals surface area contributed by atoms with Crippen LogP contribution < -0.4 is 16.0 Å².